The molecule has 0 heterocycles. The summed E-state index contributed by atoms with van der Waals surface area (Å²) in [4.78, 5) is 0. The third-order valence-corrected chi connectivity index (χ3v) is 9.71. The number of hydrogen-bond donors (Lipinski definition) is 0. The topological polar surface area (TPSA) is 0 Å². The predicted molar refractivity (Wildman–Crippen MR) is 93.1 cm³/mol. The predicted octanol–water partition coefficient (Wildman–Crippen LogP) is 5.88. The first kappa shape index (κ1) is 19.0. The Bertz CT molecular complexity index is 350. The maximum absolute atomic E-state index is 13.1. The van der Waals surface area contributed by atoms with Crippen LogP contribution in [-0.4, -0.2) is 21.1 Å². The van der Waals surface area contributed by atoms with Crippen LogP contribution in [-0.2, 0) is 0 Å². The molecule has 0 aromatic heterocycles. The molecule has 0 unspecified atom stereocenters. The van der Waals surface area contributed by atoms with Gasteiger partial charge < -0.3 is 0 Å². The Balaban J connectivity index is 2.85. The molecule has 0 fully saturated rings. The summed E-state index contributed by atoms with van der Waals surface area (Å²) >= 11 is -0.676. The van der Waals surface area contributed by atoms with Crippen molar-refractivity contribution in [3.63, 3.8) is 0 Å². The summed E-state index contributed by atoms with van der Waals surface area (Å²) in [6.45, 7) is 6.90. The first-order valence-corrected chi connectivity index (χ1v) is 11.5. The molecule has 118 valence electrons. The van der Waals surface area contributed by atoms with Gasteiger partial charge in [0.2, 0.25) is 0 Å². The number of halogens is 1. The van der Waals surface area contributed by atoms with Gasteiger partial charge in [-0.05, 0) is 0 Å². The molecule has 1 aromatic carbocycles. The standard InChI is InChI=1S/C13H27.C6H4F.Sn/c1-4-7-10-13(11-8-5-2)12-9-6-3;7-6-4-2-1-3-5-6;/h4-12H2,1-3H3;2-5H;. The van der Waals surface area contributed by atoms with E-state index < -0.39 is 21.1 Å². The van der Waals surface area contributed by atoms with Gasteiger partial charge in [0.05, 0.1) is 0 Å². The number of benzene rings is 1. The van der Waals surface area contributed by atoms with Crippen LogP contribution in [0.2, 0.25) is 3.43 Å². The molecule has 2 radical (unpaired) electrons. The zero-order chi connectivity index (χ0) is 15.6. The summed E-state index contributed by atoms with van der Waals surface area (Å²) < 4.78 is 15.2. The summed E-state index contributed by atoms with van der Waals surface area (Å²) in [5.41, 5.74) is 0. The molecule has 0 saturated carbocycles. The minimum absolute atomic E-state index is 0.0978. The van der Waals surface area contributed by atoms with Crippen molar-refractivity contribution in [1.29, 1.82) is 0 Å². The molecule has 2 heteroatoms. The van der Waals surface area contributed by atoms with E-state index in [0.717, 1.165) is 0 Å². The van der Waals surface area contributed by atoms with Crippen LogP contribution in [0.15, 0.2) is 24.3 Å². The molecule has 21 heavy (non-hydrogen) atoms. The molecule has 0 aliphatic rings. The van der Waals surface area contributed by atoms with Gasteiger partial charge in [-0.15, -0.1) is 0 Å². The fourth-order valence-corrected chi connectivity index (χ4v) is 8.23. The SMILES string of the molecule is CCCC[C](CCCC)(CCCC)[Sn][c]1ccc(F)cc1. The Kier molecular flexibility index (Phi) is 9.62. The Morgan fingerprint density at radius 1 is 0.810 bits per heavy atom. The van der Waals surface area contributed by atoms with Crippen LogP contribution in [0.25, 0.3) is 0 Å². The normalized spacial score (nSPS) is 11.8. The van der Waals surface area contributed by atoms with Crippen LogP contribution < -0.4 is 3.58 Å². The van der Waals surface area contributed by atoms with Gasteiger partial charge in [0, 0.05) is 0 Å². The fraction of sp³-hybridized carbons (Fsp3) is 0.684. The summed E-state index contributed by atoms with van der Waals surface area (Å²) in [6.07, 6.45) is 12.1. The second-order valence-corrected chi connectivity index (χ2v) is 11.6. The Hall–Kier alpha value is -0.0513. The molecule has 0 aliphatic heterocycles. The molecule has 0 atom stereocenters. The molecule has 0 nitrogen and oxygen atoms in total. The quantitative estimate of drug-likeness (QED) is 0.409. The molecule has 1 rings (SSSR count). The van der Waals surface area contributed by atoms with E-state index in [1.165, 1.54) is 61.4 Å². The van der Waals surface area contributed by atoms with E-state index in [4.69, 9.17) is 0 Å². The molecule has 0 saturated heterocycles. The third kappa shape index (κ3) is 7.17. The summed E-state index contributed by atoms with van der Waals surface area (Å²) in [7, 11) is 0. The molecular formula is C19H31FSn. The van der Waals surface area contributed by atoms with Crippen LogP contribution in [0.3, 0.4) is 0 Å². The average molecular weight is 397 g/mol. The summed E-state index contributed by atoms with van der Waals surface area (Å²) in [5, 5.41) is 0. The van der Waals surface area contributed by atoms with Crippen molar-refractivity contribution in [2.45, 2.75) is 82.0 Å². The summed E-state index contributed by atoms with van der Waals surface area (Å²) in [6, 6.07) is 7.42. The first-order chi connectivity index (χ1) is 10.2. The molecule has 0 spiro atoms. The van der Waals surface area contributed by atoms with Crippen molar-refractivity contribution in [1.82, 2.24) is 0 Å². The zero-order valence-electron chi connectivity index (χ0n) is 14.1. The van der Waals surface area contributed by atoms with Crippen molar-refractivity contribution in [2.24, 2.45) is 0 Å². The summed E-state index contributed by atoms with van der Waals surface area (Å²) in [5.74, 6) is -0.0978. The molecular weight excluding hydrogens is 366 g/mol. The fourth-order valence-electron chi connectivity index (χ4n) is 2.95. The van der Waals surface area contributed by atoms with Gasteiger partial charge in [0.15, 0.2) is 0 Å². The van der Waals surface area contributed by atoms with E-state index in [9.17, 15) is 4.39 Å². The first-order valence-electron chi connectivity index (χ1n) is 8.69. The van der Waals surface area contributed by atoms with Crippen LogP contribution in [0.5, 0.6) is 0 Å². The molecule has 0 aliphatic carbocycles. The van der Waals surface area contributed by atoms with Gasteiger partial charge >= 0.3 is 141 Å². The molecule has 0 amide bonds. The van der Waals surface area contributed by atoms with E-state index in [-0.39, 0.29) is 5.82 Å². The Morgan fingerprint density at radius 2 is 1.24 bits per heavy atom. The van der Waals surface area contributed by atoms with E-state index in [1.807, 2.05) is 0 Å². The van der Waals surface area contributed by atoms with Gasteiger partial charge in [0.25, 0.3) is 0 Å². The van der Waals surface area contributed by atoms with Crippen molar-refractivity contribution in [3.05, 3.63) is 30.1 Å². The van der Waals surface area contributed by atoms with Crippen LogP contribution in [0, 0.1) is 5.82 Å². The third-order valence-electron chi connectivity index (χ3n) is 4.28. The van der Waals surface area contributed by atoms with E-state index in [0.29, 0.717) is 3.43 Å². The number of rotatable bonds is 11. The minimum atomic E-state index is -0.676. The van der Waals surface area contributed by atoms with Crippen LogP contribution in [0.1, 0.15) is 78.6 Å². The van der Waals surface area contributed by atoms with Gasteiger partial charge in [-0.1, -0.05) is 0 Å². The zero-order valence-corrected chi connectivity index (χ0v) is 16.9. The Labute approximate surface area is 141 Å². The number of hydrogen-bond acceptors (Lipinski definition) is 0. The van der Waals surface area contributed by atoms with E-state index in [2.05, 4.69) is 32.9 Å². The molecule has 0 bridgehead atoms. The van der Waals surface area contributed by atoms with Gasteiger partial charge in [0.1, 0.15) is 0 Å². The van der Waals surface area contributed by atoms with Crippen molar-refractivity contribution < 1.29 is 4.39 Å². The van der Waals surface area contributed by atoms with Crippen LogP contribution in [0.4, 0.5) is 4.39 Å². The molecule has 1 aromatic rings. The average Bonchev–Trinajstić information content (AvgIpc) is 2.51. The monoisotopic (exact) mass is 398 g/mol. The molecule has 0 N–H and O–H groups in total. The second kappa shape index (κ2) is 10.6. The van der Waals surface area contributed by atoms with Crippen molar-refractivity contribution >= 4 is 24.7 Å². The van der Waals surface area contributed by atoms with Crippen molar-refractivity contribution in [3.8, 4) is 0 Å². The Morgan fingerprint density at radius 3 is 1.62 bits per heavy atom. The van der Waals surface area contributed by atoms with E-state index in [1.54, 1.807) is 12.1 Å². The number of unbranched alkanes of at least 4 members (excludes halogenated alkanes) is 3. The van der Waals surface area contributed by atoms with Gasteiger partial charge in [-0.2, -0.15) is 0 Å². The van der Waals surface area contributed by atoms with Crippen molar-refractivity contribution in [2.75, 3.05) is 0 Å². The maximum atomic E-state index is 13.1. The van der Waals surface area contributed by atoms with E-state index >= 15 is 0 Å². The van der Waals surface area contributed by atoms with Crippen LogP contribution >= 0.6 is 0 Å². The van der Waals surface area contributed by atoms with Gasteiger partial charge in [-0.25, -0.2) is 0 Å². The van der Waals surface area contributed by atoms with Gasteiger partial charge in [-0.3, -0.25) is 0 Å². The second-order valence-electron chi connectivity index (χ2n) is 6.22.